The van der Waals surface area contributed by atoms with E-state index in [2.05, 4.69) is 108 Å². The van der Waals surface area contributed by atoms with E-state index >= 15 is 0 Å². The van der Waals surface area contributed by atoms with Crippen molar-refractivity contribution in [3.63, 3.8) is 0 Å². The smallest absolute Gasteiger partial charge is 0.307 e. The summed E-state index contributed by atoms with van der Waals surface area (Å²) in [5.74, 6) is 3.41. The number of nitrogens with zero attached hydrogens (tertiary/aromatic N) is 3. The molecule has 0 aliphatic carbocycles. The molecule has 7 N–H and O–H groups in total. The van der Waals surface area contributed by atoms with Gasteiger partial charge in [-0.1, -0.05) is 123 Å². The van der Waals surface area contributed by atoms with Crippen molar-refractivity contribution in [1.29, 1.82) is 0 Å². The number of unbranched alkanes of at least 4 members (excludes halogenated alkanes) is 4. The Bertz CT molecular complexity index is 3620. The van der Waals surface area contributed by atoms with Gasteiger partial charge in [0.1, 0.15) is 6.10 Å². The number of esters is 3. The number of imide groups is 2. The van der Waals surface area contributed by atoms with Gasteiger partial charge in [0.2, 0.25) is 29.5 Å². The molecule has 3 aromatic rings. The van der Waals surface area contributed by atoms with Gasteiger partial charge in [0, 0.05) is 136 Å². The van der Waals surface area contributed by atoms with Gasteiger partial charge in [-0.15, -0.1) is 0 Å². The number of rotatable bonds is 64. The Balaban J connectivity index is 0.000000338. The molecule has 126 heavy (non-hydrogen) atoms. The number of aliphatic hydroxyl groups is 1. The van der Waals surface area contributed by atoms with Gasteiger partial charge in [0.15, 0.2) is 24.9 Å². The number of allylic oxidation sites excluding steroid dienone is 3. The number of methoxy groups -OCH3 is 1. The molecule has 5 amide bonds. The van der Waals surface area contributed by atoms with Gasteiger partial charge in [0.25, 0.3) is 6.47 Å². The largest absolute Gasteiger partial charge is 0.496 e. The van der Waals surface area contributed by atoms with E-state index in [0.717, 1.165) is 135 Å². The number of hydrogen-bond donors (Lipinski definition) is 8. The minimum absolute atomic E-state index is 0.0161. The monoisotopic (exact) mass is 1880 g/mol. The second-order valence-electron chi connectivity index (χ2n) is 32.1. The summed E-state index contributed by atoms with van der Waals surface area (Å²) >= 11 is 18.6. The van der Waals surface area contributed by atoms with Gasteiger partial charge >= 0.3 is 23.9 Å². The van der Waals surface area contributed by atoms with Gasteiger partial charge in [-0.3, -0.25) is 73.7 Å². The number of ether oxygens (including phenoxy) is 6. The quantitative estimate of drug-likeness (QED) is 0.00380. The molecule has 4 heterocycles. The minimum atomic E-state index is -0.863. The Hall–Kier alpha value is -5.75. The van der Waals surface area contributed by atoms with Crippen LogP contribution in [-0.2, 0) is 101 Å². The molecule has 11 unspecified atom stereocenters. The molecule has 0 spiro atoms. The molecule has 0 saturated carbocycles. The molecule has 3 fully saturated rings. The summed E-state index contributed by atoms with van der Waals surface area (Å²) < 4.78 is 33.2. The van der Waals surface area contributed by atoms with Crippen LogP contribution in [0.3, 0.4) is 0 Å². The highest BCUT2D eigenvalue weighted by Crippen LogP contribution is 2.31. The number of benzene rings is 3. The number of thioether (sulfide) groups is 5. The highest BCUT2D eigenvalue weighted by molar-refractivity contribution is 8.00. The molecule has 4 aliphatic rings. The van der Waals surface area contributed by atoms with Crippen LogP contribution in [0.25, 0.3) is 0 Å². The number of hydrogen-bond acceptors (Lipinski definition) is 28. The first-order chi connectivity index (χ1) is 61.2. The maximum Gasteiger partial charge on any atom is 0.307 e. The molecule has 4 aliphatic heterocycles. The Labute approximate surface area is 782 Å². The van der Waals surface area contributed by atoms with Crippen molar-refractivity contribution in [3.8, 4) is 0 Å². The van der Waals surface area contributed by atoms with Crippen LogP contribution in [0.5, 0.6) is 0 Å². The number of aliphatic carboxylic acids is 1. The number of nitrogens with two attached hydrogens (primary N) is 1. The zero-order valence-corrected chi connectivity index (χ0v) is 80.7. The van der Waals surface area contributed by atoms with Gasteiger partial charge in [0.05, 0.1) is 38.3 Å². The maximum atomic E-state index is 13.1. The number of carboxylic acids is 1. The maximum absolute atomic E-state index is 13.1. The van der Waals surface area contributed by atoms with Crippen molar-refractivity contribution < 1.29 is 86.6 Å². The van der Waals surface area contributed by atoms with Gasteiger partial charge in [-0.2, -0.15) is 84.1 Å². The van der Waals surface area contributed by atoms with Gasteiger partial charge < -0.3 is 49.3 Å². The average Bonchev–Trinajstić information content (AvgIpc) is 1.70. The molecule has 0 radical (unpaired) electrons. The van der Waals surface area contributed by atoms with E-state index in [0.29, 0.717) is 106 Å². The number of aliphatic hydroxyl groups excluding tert-OH is 1. The highest BCUT2D eigenvalue weighted by atomic mass is 32.2. The Morgan fingerprint density at radius 3 is 1.75 bits per heavy atom. The molecule has 25 nitrogen and oxygen atoms in total. The first kappa shape index (κ1) is 111. The van der Waals surface area contributed by atoms with Crippen molar-refractivity contribution in [2.75, 3.05) is 95.1 Å². The molecule has 0 aromatic heterocycles. The predicted molar refractivity (Wildman–Crippen MR) is 516 cm³/mol. The van der Waals surface area contributed by atoms with Crippen LogP contribution in [0, 0.1) is 5.92 Å². The Kier molecular flexibility index (Phi) is 60.8. The number of carboxylic acid groups (broad SMARTS) is 1. The molecule has 3 aromatic carbocycles. The van der Waals surface area contributed by atoms with Crippen LogP contribution in [-0.4, -0.2) is 238 Å². The van der Waals surface area contributed by atoms with Crippen molar-refractivity contribution in [3.05, 3.63) is 132 Å². The second kappa shape index (κ2) is 69.2. The third kappa shape index (κ3) is 48.9. The molecule has 7 rings (SSSR count). The fourth-order valence-electron chi connectivity index (χ4n) is 14.7. The van der Waals surface area contributed by atoms with Crippen LogP contribution in [0.1, 0.15) is 228 Å². The summed E-state index contributed by atoms with van der Waals surface area (Å²) in [5, 5.41) is 29.8. The SMILES string of the molecule is COC1CC(=O)N(C(=O)CCNC(CCCCC(=O)O)OC(=O)CCCCC(CCCSCc2ccccc2)SCc2ccccc2)C1.CSCCC(CCCCC(=O)OC(NCCC(=O)N1CCc2ccccc2CC1OC=O)C(C)CN)SC.O=C(CCCCC(S)CCCS)OC(CCCO)NCCC(=O)N1CC(O/C=C/C=C/CC2CCCS2)CC1=O. The summed E-state index contributed by atoms with van der Waals surface area (Å²) in [4.78, 5) is 127. The molecular weight excluding hydrogens is 1740 g/mol. The second-order valence-corrected chi connectivity index (χ2v) is 39.2. The lowest BCUT2D eigenvalue weighted by Crippen LogP contribution is -2.46. The number of fused-ring (bicyclic) bond motifs is 1. The third-order valence-electron chi connectivity index (χ3n) is 22.1. The zero-order chi connectivity index (χ0) is 91.2. The van der Waals surface area contributed by atoms with E-state index in [9.17, 15) is 53.1 Å². The van der Waals surface area contributed by atoms with E-state index in [1.54, 1.807) is 11.2 Å². The predicted octanol–water partition coefficient (Wildman–Crippen LogP) is 15.1. The van der Waals surface area contributed by atoms with Crippen LogP contribution in [0.15, 0.2) is 109 Å². The van der Waals surface area contributed by atoms with Crippen molar-refractivity contribution in [2.45, 2.75) is 288 Å². The third-order valence-corrected chi connectivity index (χ3v) is 28.7. The Morgan fingerprint density at radius 1 is 0.611 bits per heavy atom. The van der Waals surface area contributed by atoms with Crippen molar-refractivity contribution >= 4 is 144 Å². The zero-order valence-electron chi connectivity index (χ0n) is 74.8. The Morgan fingerprint density at radius 2 is 1.17 bits per heavy atom. The van der Waals surface area contributed by atoms with E-state index in [1.165, 1.54) is 53.1 Å². The molecular formula is C94H145N7O18S7. The van der Waals surface area contributed by atoms with E-state index in [4.69, 9.17) is 39.3 Å². The lowest BCUT2D eigenvalue weighted by Gasteiger charge is -2.29. The van der Waals surface area contributed by atoms with Crippen LogP contribution >= 0.6 is 84.1 Å². The van der Waals surface area contributed by atoms with Crippen molar-refractivity contribution in [1.82, 2.24) is 30.7 Å². The molecule has 3 saturated heterocycles. The van der Waals surface area contributed by atoms with Crippen molar-refractivity contribution in [2.24, 2.45) is 11.7 Å². The molecule has 11 atom stereocenters. The topological polar surface area (TPSA) is 338 Å². The highest BCUT2D eigenvalue weighted by Gasteiger charge is 2.36. The van der Waals surface area contributed by atoms with Crippen LogP contribution in [0.2, 0.25) is 0 Å². The number of thiol groups is 2. The van der Waals surface area contributed by atoms with Crippen LogP contribution < -0.4 is 21.7 Å². The van der Waals surface area contributed by atoms with Gasteiger partial charge in [-0.25, -0.2) is 0 Å². The fraction of sp³-hybridized carbons (Fsp3) is 0.660. The first-order valence-corrected chi connectivity index (χ1v) is 52.4. The number of nitrogens with one attached hydrogen (secondary N) is 3. The fourth-order valence-corrected chi connectivity index (χ4v) is 20.2. The number of amides is 5. The summed E-state index contributed by atoms with van der Waals surface area (Å²) in [5.41, 5.74) is 10.8. The number of likely N-dealkylation sites (tertiary alicyclic amines) is 2. The summed E-state index contributed by atoms with van der Waals surface area (Å²) in [6.07, 6.45) is 31.5. The van der Waals surface area contributed by atoms with E-state index < -0.39 is 30.9 Å². The summed E-state index contributed by atoms with van der Waals surface area (Å²) in [7, 11) is 1.52. The van der Waals surface area contributed by atoms with Gasteiger partial charge in [-0.05, 0) is 192 Å². The number of carbonyl (C=O) groups is 10. The average molecular weight is 1890 g/mol. The van der Waals surface area contributed by atoms with Crippen LogP contribution in [0.4, 0.5) is 0 Å². The number of carbonyl (C=O) groups excluding carboxylic acids is 9. The molecule has 32 heteroatoms. The summed E-state index contributed by atoms with van der Waals surface area (Å²) in [6.45, 7) is 4.43. The lowest BCUT2D eigenvalue weighted by atomic mass is 10.0. The standard InChI is InChI=1S/C37H52N2O7S2.C29H48N2O6S3.C28H45N3O5S2/c1-45-31-25-35(41)39(26-31)34(40)22-23-38-33(19-9-10-20-36(42)43)46-37(44)21-11-8-17-32(48-28-30-15-6-3-7-16-30)18-12-24-47-27-29-13-4-2-5-14-29;32-17-6-13-26(37-29(35)14-4-3-9-24(39)10-7-19-38)30-16-15-27(33)31-22-23(21-28(31)34)36-18-5-1-2-11-25-12-8-20-40-25;1-21(19-29)28(36-27(34)11-7-6-10-24(38-3)14-17-37-2)30-15-12-25(33)31-16-13-22-8-4-5-9-23(22)18-26(31)35-20-32/h2-7,13-16,31-33,38H,8-12,17-28H2,1H3,(H,42,43);1-2,5,18,23-26,30,32,38-39H,3-4,6-17,19-22H2;4-5,8-9,20-21,24,26,28,30H,6-7,10-19,29H2,1-3H3/b;2-1+,18-5+;. The normalized spacial score (nSPS) is 18.0. The minimum Gasteiger partial charge on any atom is -0.496 e. The molecule has 706 valence electrons. The lowest BCUT2D eigenvalue weighted by molar-refractivity contribution is -0.155. The first-order valence-electron chi connectivity index (χ1n) is 45.3. The van der Waals surface area contributed by atoms with E-state index in [-0.39, 0.29) is 137 Å². The van der Waals surface area contributed by atoms with E-state index in [1.807, 2.05) is 114 Å². The summed E-state index contributed by atoms with van der Waals surface area (Å²) in [6, 6.07) is 29.1. The molecule has 0 bridgehead atoms.